The second-order valence-corrected chi connectivity index (χ2v) is 4.54. The fourth-order valence-electron chi connectivity index (χ4n) is 2.26. The van der Waals surface area contributed by atoms with Gasteiger partial charge in [-0.1, -0.05) is 6.42 Å². The average Bonchev–Trinajstić information content (AvgIpc) is 2.15. The van der Waals surface area contributed by atoms with Gasteiger partial charge >= 0.3 is 0 Å². The standard InChI is InChI=1S/C11H20N2O/c1-13(9-5-4-6-9)11(14)10-7-2-3-8-12-10/h9-10,12H,2-8H2,1H3/t10-/m1/s1. The zero-order valence-corrected chi connectivity index (χ0v) is 8.96. The van der Waals surface area contributed by atoms with Crippen molar-refractivity contribution in [3.05, 3.63) is 0 Å². The van der Waals surface area contributed by atoms with E-state index in [2.05, 4.69) is 5.32 Å². The fraction of sp³-hybridized carbons (Fsp3) is 0.909. The molecule has 2 aliphatic rings. The summed E-state index contributed by atoms with van der Waals surface area (Å²) in [6.07, 6.45) is 7.14. The molecule has 0 unspecified atom stereocenters. The maximum atomic E-state index is 12.0. The van der Waals surface area contributed by atoms with Gasteiger partial charge in [-0.3, -0.25) is 4.79 Å². The van der Waals surface area contributed by atoms with Gasteiger partial charge in [0.1, 0.15) is 0 Å². The Bertz CT molecular complexity index is 203. The van der Waals surface area contributed by atoms with E-state index in [9.17, 15) is 4.79 Å². The van der Waals surface area contributed by atoms with Gasteiger partial charge in [-0.25, -0.2) is 0 Å². The molecular weight excluding hydrogens is 176 g/mol. The summed E-state index contributed by atoms with van der Waals surface area (Å²) >= 11 is 0. The topological polar surface area (TPSA) is 32.3 Å². The lowest BCUT2D eigenvalue weighted by Gasteiger charge is -2.37. The molecule has 1 saturated carbocycles. The predicted molar refractivity (Wildman–Crippen MR) is 56.1 cm³/mol. The Hall–Kier alpha value is -0.570. The van der Waals surface area contributed by atoms with Crippen LogP contribution >= 0.6 is 0 Å². The summed E-state index contributed by atoms with van der Waals surface area (Å²) < 4.78 is 0. The molecule has 1 atom stereocenters. The van der Waals surface area contributed by atoms with Crippen LogP contribution in [0, 0.1) is 0 Å². The molecule has 0 radical (unpaired) electrons. The van der Waals surface area contributed by atoms with Crippen molar-refractivity contribution < 1.29 is 4.79 Å². The van der Waals surface area contributed by atoms with Crippen molar-refractivity contribution in [1.29, 1.82) is 0 Å². The lowest BCUT2D eigenvalue weighted by Crippen LogP contribution is -2.51. The van der Waals surface area contributed by atoms with Crippen molar-refractivity contribution in [2.24, 2.45) is 0 Å². The van der Waals surface area contributed by atoms with E-state index in [-0.39, 0.29) is 6.04 Å². The number of carbonyl (C=O) groups is 1. The molecule has 1 N–H and O–H groups in total. The molecule has 0 spiro atoms. The third-order valence-electron chi connectivity index (χ3n) is 3.58. The smallest absolute Gasteiger partial charge is 0.239 e. The van der Waals surface area contributed by atoms with Crippen LogP contribution in [0.2, 0.25) is 0 Å². The van der Waals surface area contributed by atoms with Gasteiger partial charge in [0.05, 0.1) is 6.04 Å². The van der Waals surface area contributed by atoms with Crippen LogP contribution in [0.1, 0.15) is 38.5 Å². The highest BCUT2D eigenvalue weighted by Gasteiger charge is 2.30. The molecule has 2 fully saturated rings. The van der Waals surface area contributed by atoms with Gasteiger partial charge in [0.25, 0.3) is 0 Å². The third kappa shape index (κ3) is 1.92. The minimum atomic E-state index is 0.106. The van der Waals surface area contributed by atoms with Crippen LogP contribution in [-0.4, -0.2) is 36.5 Å². The van der Waals surface area contributed by atoms with Crippen molar-refractivity contribution in [2.45, 2.75) is 50.6 Å². The highest BCUT2D eigenvalue weighted by atomic mass is 16.2. The summed E-state index contributed by atoms with van der Waals surface area (Å²) in [6.45, 7) is 1.01. The average molecular weight is 196 g/mol. The molecular formula is C11H20N2O. The Morgan fingerprint density at radius 2 is 2.00 bits per heavy atom. The van der Waals surface area contributed by atoms with E-state index in [1.807, 2.05) is 11.9 Å². The van der Waals surface area contributed by atoms with Crippen LogP contribution in [0.4, 0.5) is 0 Å². The van der Waals surface area contributed by atoms with Crippen molar-refractivity contribution >= 4 is 5.91 Å². The Morgan fingerprint density at radius 1 is 1.21 bits per heavy atom. The van der Waals surface area contributed by atoms with E-state index in [1.165, 1.54) is 32.1 Å². The first-order valence-corrected chi connectivity index (χ1v) is 5.79. The first-order chi connectivity index (χ1) is 6.79. The summed E-state index contributed by atoms with van der Waals surface area (Å²) in [4.78, 5) is 14.0. The van der Waals surface area contributed by atoms with Gasteiger partial charge in [-0.05, 0) is 38.6 Å². The van der Waals surface area contributed by atoms with Gasteiger partial charge in [0.15, 0.2) is 0 Å². The second kappa shape index (κ2) is 4.30. The van der Waals surface area contributed by atoms with E-state index in [4.69, 9.17) is 0 Å². The van der Waals surface area contributed by atoms with Crippen LogP contribution in [0.3, 0.4) is 0 Å². The van der Waals surface area contributed by atoms with Gasteiger partial charge < -0.3 is 10.2 Å². The van der Waals surface area contributed by atoms with E-state index in [0.29, 0.717) is 11.9 Å². The van der Waals surface area contributed by atoms with Crippen LogP contribution in [0.5, 0.6) is 0 Å². The molecule has 3 nitrogen and oxygen atoms in total. The van der Waals surface area contributed by atoms with Gasteiger partial charge in [-0.15, -0.1) is 0 Å². The molecule has 14 heavy (non-hydrogen) atoms. The molecule has 0 aromatic heterocycles. The largest absolute Gasteiger partial charge is 0.341 e. The SMILES string of the molecule is CN(C(=O)[C@H]1CCCCN1)C1CCC1. The molecule has 1 amide bonds. The van der Waals surface area contributed by atoms with Gasteiger partial charge in [0.2, 0.25) is 5.91 Å². The minimum Gasteiger partial charge on any atom is -0.341 e. The maximum absolute atomic E-state index is 12.0. The van der Waals surface area contributed by atoms with E-state index in [1.54, 1.807) is 0 Å². The molecule has 1 aliphatic carbocycles. The molecule has 2 rings (SSSR count). The van der Waals surface area contributed by atoms with E-state index >= 15 is 0 Å². The second-order valence-electron chi connectivity index (χ2n) is 4.54. The molecule has 0 aromatic carbocycles. The number of likely N-dealkylation sites (N-methyl/N-ethyl adjacent to an activating group) is 1. The predicted octanol–water partition coefficient (Wildman–Crippen LogP) is 1.14. The Morgan fingerprint density at radius 3 is 2.50 bits per heavy atom. The number of amides is 1. The maximum Gasteiger partial charge on any atom is 0.239 e. The summed E-state index contributed by atoms with van der Waals surface area (Å²) in [7, 11) is 1.96. The zero-order chi connectivity index (χ0) is 9.97. The Kier molecular flexibility index (Phi) is 3.06. The number of hydrogen-bond acceptors (Lipinski definition) is 2. The summed E-state index contributed by atoms with van der Waals surface area (Å²) in [6, 6.07) is 0.639. The Balaban J connectivity index is 1.85. The van der Waals surface area contributed by atoms with Crippen molar-refractivity contribution in [3.63, 3.8) is 0 Å². The summed E-state index contributed by atoms with van der Waals surface area (Å²) in [5, 5.41) is 3.31. The van der Waals surface area contributed by atoms with Gasteiger partial charge in [-0.2, -0.15) is 0 Å². The van der Waals surface area contributed by atoms with Crippen molar-refractivity contribution in [1.82, 2.24) is 10.2 Å². The summed E-state index contributed by atoms with van der Waals surface area (Å²) in [5.41, 5.74) is 0. The van der Waals surface area contributed by atoms with Crippen LogP contribution in [-0.2, 0) is 4.79 Å². The first-order valence-electron chi connectivity index (χ1n) is 5.79. The number of nitrogens with zero attached hydrogens (tertiary/aromatic N) is 1. The van der Waals surface area contributed by atoms with Gasteiger partial charge in [0, 0.05) is 13.1 Å². The highest BCUT2D eigenvalue weighted by Crippen LogP contribution is 2.24. The quantitative estimate of drug-likeness (QED) is 0.718. The number of nitrogens with one attached hydrogen (secondary N) is 1. The third-order valence-corrected chi connectivity index (χ3v) is 3.58. The lowest BCUT2D eigenvalue weighted by atomic mass is 9.91. The molecule has 1 aliphatic heterocycles. The lowest BCUT2D eigenvalue weighted by molar-refractivity contribution is -0.136. The molecule has 3 heteroatoms. The van der Waals surface area contributed by atoms with E-state index < -0.39 is 0 Å². The minimum absolute atomic E-state index is 0.106. The van der Waals surface area contributed by atoms with Crippen LogP contribution in [0.15, 0.2) is 0 Å². The molecule has 1 saturated heterocycles. The number of carbonyl (C=O) groups excluding carboxylic acids is 1. The molecule has 1 heterocycles. The van der Waals surface area contributed by atoms with Crippen molar-refractivity contribution in [2.75, 3.05) is 13.6 Å². The Labute approximate surface area is 85.8 Å². The van der Waals surface area contributed by atoms with Crippen LogP contribution < -0.4 is 5.32 Å². The first kappa shape index (κ1) is 9.97. The fourth-order valence-corrected chi connectivity index (χ4v) is 2.26. The van der Waals surface area contributed by atoms with E-state index in [0.717, 1.165) is 13.0 Å². The zero-order valence-electron chi connectivity index (χ0n) is 8.96. The number of hydrogen-bond donors (Lipinski definition) is 1. The number of piperidine rings is 1. The van der Waals surface area contributed by atoms with Crippen LogP contribution in [0.25, 0.3) is 0 Å². The summed E-state index contributed by atoms with van der Waals surface area (Å²) in [5.74, 6) is 0.314. The monoisotopic (exact) mass is 196 g/mol. The molecule has 0 bridgehead atoms. The van der Waals surface area contributed by atoms with Crippen molar-refractivity contribution in [3.8, 4) is 0 Å². The number of rotatable bonds is 2. The normalized spacial score (nSPS) is 28.2. The molecule has 0 aromatic rings. The molecule has 80 valence electrons. The highest BCUT2D eigenvalue weighted by molar-refractivity contribution is 5.82.